The van der Waals surface area contributed by atoms with Crippen LogP contribution >= 0.6 is 0 Å². The lowest BCUT2D eigenvalue weighted by Crippen LogP contribution is -2.29. The van der Waals surface area contributed by atoms with Crippen molar-refractivity contribution >= 4 is 0 Å². The minimum atomic E-state index is 0.498. The van der Waals surface area contributed by atoms with Gasteiger partial charge in [-0.15, -0.1) is 0 Å². The van der Waals surface area contributed by atoms with E-state index in [1.807, 2.05) is 6.20 Å². The number of nitrogens with one attached hydrogen (secondary N) is 1. The van der Waals surface area contributed by atoms with Crippen LogP contribution in [0.25, 0.3) is 16.8 Å². The highest BCUT2D eigenvalue weighted by atomic mass is 15.3. The molecule has 0 saturated carbocycles. The van der Waals surface area contributed by atoms with Crippen LogP contribution < -0.4 is 5.32 Å². The summed E-state index contributed by atoms with van der Waals surface area (Å²) in [5.41, 5.74) is 6.26. The maximum atomic E-state index is 4.75. The van der Waals surface area contributed by atoms with Gasteiger partial charge in [0, 0.05) is 18.0 Å². The molecule has 3 heteroatoms. The molecule has 0 amide bonds. The molecule has 2 aromatic carbocycles. The average molecular weight is 317 g/mol. The van der Waals surface area contributed by atoms with Crippen LogP contribution in [0.5, 0.6) is 0 Å². The number of benzene rings is 2. The van der Waals surface area contributed by atoms with E-state index in [-0.39, 0.29) is 0 Å². The number of hydrogen-bond donors (Lipinski definition) is 1. The van der Waals surface area contributed by atoms with Crippen molar-refractivity contribution in [3.05, 3.63) is 72.1 Å². The van der Waals surface area contributed by atoms with Gasteiger partial charge in [0.1, 0.15) is 0 Å². The third-order valence-electron chi connectivity index (χ3n) is 4.85. The van der Waals surface area contributed by atoms with Crippen LogP contribution in [-0.4, -0.2) is 22.9 Å². The number of aryl methyl sites for hydroxylation is 1. The molecule has 2 heterocycles. The fourth-order valence-electron chi connectivity index (χ4n) is 3.57. The molecule has 1 aliphatic rings. The van der Waals surface area contributed by atoms with Crippen LogP contribution in [0.15, 0.2) is 60.8 Å². The number of rotatable bonds is 3. The summed E-state index contributed by atoms with van der Waals surface area (Å²) < 4.78 is 2.13. The molecule has 1 unspecified atom stereocenters. The topological polar surface area (TPSA) is 29.9 Å². The molecular weight excluding hydrogens is 294 g/mol. The molecule has 122 valence electrons. The fraction of sp³-hybridized carbons (Fsp3) is 0.286. The second kappa shape index (κ2) is 6.62. The average Bonchev–Trinajstić information content (AvgIpc) is 3.09. The molecule has 24 heavy (non-hydrogen) atoms. The molecule has 1 aromatic heterocycles. The van der Waals surface area contributed by atoms with Crippen molar-refractivity contribution in [2.45, 2.75) is 25.7 Å². The van der Waals surface area contributed by atoms with Crippen LogP contribution in [0.2, 0.25) is 0 Å². The minimum Gasteiger partial charge on any atom is -0.316 e. The van der Waals surface area contributed by atoms with Crippen molar-refractivity contribution in [2.75, 3.05) is 13.1 Å². The van der Waals surface area contributed by atoms with Crippen molar-refractivity contribution in [3.8, 4) is 16.8 Å². The molecule has 1 atom stereocenters. The van der Waals surface area contributed by atoms with Gasteiger partial charge >= 0.3 is 0 Å². The van der Waals surface area contributed by atoms with Crippen molar-refractivity contribution in [1.29, 1.82) is 0 Å². The summed E-state index contributed by atoms with van der Waals surface area (Å²) in [6.07, 6.45) is 4.46. The van der Waals surface area contributed by atoms with E-state index in [2.05, 4.69) is 71.5 Å². The van der Waals surface area contributed by atoms with Crippen molar-refractivity contribution in [3.63, 3.8) is 0 Å². The standard InChI is InChI=1S/C21H23N3/c1-16-9-11-17(12-10-16)20-15-23-24(19-7-3-2-4-8-19)21(20)18-6-5-13-22-14-18/h2-4,7-12,15,18,22H,5-6,13-14H2,1H3. The van der Waals surface area contributed by atoms with Crippen LogP contribution in [-0.2, 0) is 0 Å². The lowest BCUT2D eigenvalue weighted by atomic mass is 9.91. The van der Waals surface area contributed by atoms with Gasteiger partial charge in [-0.25, -0.2) is 4.68 Å². The second-order valence-electron chi connectivity index (χ2n) is 6.60. The first-order chi connectivity index (χ1) is 11.8. The lowest BCUT2D eigenvalue weighted by Gasteiger charge is -2.25. The van der Waals surface area contributed by atoms with Crippen LogP contribution in [0.3, 0.4) is 0 Å². The summed E-state index contributed by atoms with van der Waals surface area (Å²) in [5, 5.41) is 8.30. The Balaban J connectivity index is 1.84. The van der Waals surface area contributed by atoms with E-state index in [1.54, 1.807) is 0 Å². The Hall–Kier alpha value is -2.39. The van der Waals surface area contributed by atoms with Gasteiger partial charge in [0.25, 0.3) is 0 Å². The highest BCUT2D eigenvalue weighted by molar-refractivity contribution is 5.67. The molecule has 0 spiro atoms. The van der Waals surface area contributed by atoms with Crippen molar-refractivity contribution < 1.29 is 0 Å². The highest BCUT2D eigenvalue weighted by Gasteiger charge is 2.24. The smallest absolute Gasteiger partial charge is 0.0649 e. The maximum absolute atomic E-state index is 4.75. The highest BCUT2D eigenvalue weighted by Crippen LogP contribution is 2.34. The van der Waals surface area contributed by atoms with Gasteiger partial charge in [-0.2, -0.15) is 5.10 Å². The SMILES string of the molecule is Cc1ccc(-c2cnn(-c3ccccc3)c2C2CCCNC2)cc1. The minimum absolute atomic E-state index is 0.498. The van der Waals surface area contributed by atoms with E-state index in [9.17, 15) is 0 Å². The summed E-state index contributed by atoms with van der Waals surface area (Å²) in [5.74, 6) is 0.498. The Morgan fingerprint density at radius 3 is 2.54 bits per heavy atom. The molecule has 0 aliphatic carbocycles. The first-order valence-electron chi connectivity index (χ1n) is 8.74. The molecule has 1 N–H and O–H groups in total. The van der Waals surface area contributed by atoms with Crippen LogP contribution in [0.4, 0.5) is 0 Å². The summed E-state index contributed by atoms with van der Waals surface area (Å²) in [6.45, 7) is 4.27. The van der Waals surface area contributed by atoms with Gasteiger partial charge in [-0.05, 0) is 44.0 Å². The number of piperidine rings is 1. The predicted molar refractivity (Wildman–Crippen MR) is 98.6 cm³/mol. The Morgan fingerprint density at radius 2 is 1.83 bits per heavy atom. The van der Waals surface area contributed by atoms with E-state index < -0.39 is 0 Å². The summed E-state index contributed by atoms with van der Waals surface area (Å²) in [7, 11) is 0. The molecule has 1 saturated heterocycles. The summed E-state index contributed by atoms with van der Waals surface area (Å²) in [4.78, 5) is 0. The Labute approximate surface area is 143 Å². The van der Waals surface area contributed by atoms with Gasteiger partial charge in [0.2, 0.25) is 0 Å². The molecule has 0 bridgehead atoms. The lowest BCUT2D eigenvalue weighted by molar-refractivity contribution is 0.448. The van der Waals surface area contributed by atoms with Gasteiger partial charge in [0.15, 0.2) is 0 Å². The van der Waals surface area contributed by atoms with Crippen LogP contribution in [0, 0.1) is 6.92 Å². The molecule has 4 rings (SSSR count). The molecule has 0 radical (unpaired) electrons. The quantitative estimate of drug-likeness (QED) is 0.780. The summed E-state index contributed by atoms with van der Waals surface area (Å²) in [6, 6.07) is 19.2. The Bertz CT molecular complexity index is 797. The maximum Gasteiger partial charge on any atom is 0.0649 e. The zero-order valence-corrected chi connectivity index (χ0v) is 14.1. The van der Waals surface area contributed by atoms with Gasteiger partial charge in [-0.1, -0.05) is 48.0 Å². The van der Waals surface area contributed by atoms with E-state index >= 15 is 0 Å². The van der Waals surface area contributed by atoms with Gasteiger partial charge in [0.05, 0.1) is 17.6 Å². The van der Waals surface area contributed by atoms with Crippen molar-refractivity contribution in [2.24, 2.45) is 0 Å². The fourth-order valence-corrected chi connectivity index (χ4v) is 3.57. The Kier molecular flexibility index (Phi) is 4.18. The molecule has 1 fully saturated rings. The molecule has 1 aliphatic heterocycles. The van der Waals surface area contributed by atoms with Gasteiger partial charge in [-0.3, -0.25) is 0 Å². The normalized spacial score (nSPS) is 17.8. The number of aromatic nitrogens is 2. The third-order valence-corrected chi connectivity index (χ3v) is 4.85. The zero-order valence-electron chi connectivity index (χ0n) is 14.1. The number of para-hydroxylation sites is 1. The van der Waals surface area contributed by atoms with E-state index in [0.29, 0.717) is 5.92 Å². The predicted octanol–water partition coefficient (Wildman–Crippen LogP) is 4.31. The second-order valence-corrected chi connectivity index (χ2v) is 6.60. The summed E-state index contributed by atoms with van der Waals surface area (Å²) >= 11 is 0. The molecular formula is C21H23N3. The zero-order chi connectivity index (χ0) is 16.4. The third kappa shape index (κ3) is 2.87. The largest absolute Gasteiger partial charge is 0.316 e. The number of hydrogen-bond acceptors (Lipinski definition) is 2. The first-order valence-corrected chi connectivity index (χ1v) is 8.74. The van der Waals surface area contributed by atoms with Crippen molar-refractivity contribution in [1.82, 2.24) is 15.1 Å². The number of nitrogens with zero attached hydrogens (tertiary/aromatic N) is 2. The van der Waals surface area contributed by atoms with Crippen LogP contribution in [0.1, 0.15) is 30.0 Å². The van der Waals surface area contributed by atoms with E-state index in [1.165, 1.54) is 35.2 Å². The first kappa shape index (κ1) is 15.2. The monoisotopic (exact) mass is 317 g/mol. The van der Waals surface area contributed by atoms with Gasteiger partial charge < -0.3 is 5.32 Å². The molecule has 3 aromatic rings. The van der Waals surface area contributed by atoms with E-state index in [4.69, 9.17) is 5.10 Å². The molecule has 3 nitrogen and oxygen atoms in total. The van der Waals surface area contributed by atoms with E-state index in [0.717, 1.165) is 18.8 Å². The Morgan fingerprint density at radius 1 is 1.04 bits per heavy atom.